The van der Waals surface area contributed by atoms with Gasteiger partial charge in [0.05, 0.1) is 13.2 Å². The third-order valence-electron chi connectivity index (χ3n) is 4.97. The Hall–Kier alpha value is -2.61. The van der Waals surface area contributed by atoms with Crippen molar-refractivity contribution >= 4 is 23.0 Å². The molecule has 2 aromatic heterocycles. The van der Waals surface area contributed by atoms with Crippen LogP contribution in [0.2, 0.25) is 0 Å². The zero-order valence-electron chi connectivity index (χ0n) is 16.7. The number of fused-ring (bicyclic) bond motifs is 1. The number of hydrogen-bond donors (Lipinski definition) is 0. The van der Waals surface area contributed by atoms with Crippen molar-refractivity contribution < 1.29 is 14.3 Å². The number of aromatic nitrogens is 3. The molecule has 2 aromatic rings. The molecule has 0 N–H and O–H groups in total. The molecule has 0 bridgehead atoms. The predicted molar refractivity (Wildman–Crippen MR) is 106 cm³/mol. The Bertz CT molecular complexity index is 891. The molecule has 2 aliphatic heterocycles. The van der Waals surface area contributed by atoms with Crippen molar-refractivity contribution in [1.29, 1.82) is 0 Å². The van der Waals surface area contributed by atoms with Gasteiger partial charge in [-0.2, -0.15) is 5.10 Å². The van der Waals surface area contributed by atoms with Gasteiger partial charge < -0.3 is 19.3 Å². The second-order valence-corrected chi connectivity index (χ2v) is 8.11. The van der Waals surface area contributed by atoms with E-state index < -0.39 is 5.60 Å². The lowest BCUT2D eigenvalue weighted by Crippen LogP contribution is -2.50. The molecule has 0 aliphatic carbocycles. The molecule has 28 heavy (non-hydrogen) atoms. The van der Waals surface area contributed by atoms with Crippen molar-refractivity contribution in [3.8, 4) is 0 Å². The molecule has 0 radical (unpaired) electrons. The molecule has 8 heteroatoms. The first-order valence-electron chi connectivity index (χ1n) is 9.75. The standard InChI is InChI=1S/C20H27N5O3/c1-20(2,3)28-19(26)24-10-8-23(9-11-24)18-17-16(15-5-12-27-13-6-15)4-7-25(17)22-14-21-18/h4-5,7,14H,6,8-13H2,1-3H3. The fraction of sp³-hybridized carbons (Fsp3) is 0.550. The minimum Gasteiger partial charge on any atom is -0.444 e. The molecule has 0 atom stereocenters. The van der Waals surface area contributed by atoms with Crippen molar-refractivity contribution in [1.82, 2.24) is 19.5 Å². The molecule has 1 saturated heterocycles. The third kappa shape index (κ3) is 3.82. The molecule has 8 nitrogen and oxygen atoms in total. The highest BCUT2D eigenvalue weighted by Gasteiger charge is 2.28. The Labute approximate surface area is 164 Å². The highest BCUT2D eigenvalue weighted by Crippen LogP contribution is 2.31. The molecule has 1 amide bonds. The maximum Gasteiger partial charge on any atom is 0.410 e. The van der Waals surface area contributed by atoms with Gasteiger partial charge in [-0.15, -0.1) is 0 Å². The number of nitrogens with zero attached hydrogens (tertiary/aromatic N) is 5. The Morgan fingerprint density at radius 1 is 1.21 bits per heavy atom. The highest BCUT2D eigenvalue weighted by atomic mass is 16.6. The molecular formula is C20H27N5O3. The second-order valence-electron chi connectivity index (χ2n) is 8.11. The zero-order valence-corrected chi connectivity index (χ0v) is 16.7. The number of hydrogen-bond acceptors (Lipinski definition) is 6. The van der Waals surface area contributed by atoms with Crippen LogP contribution >= 0.6 is 0 Å². The molecule has 4 heterocycles. The van der Waals surface area contributed by atoms with Crippen LogP contribution in [0.25, 0.3) is 11.1 Å². The SMILES string of the molecule is CC(C)(C)OC(=O)N1CCN(c2ncnn3ccc(C4=CCOCC4)c23)CC1. The maximum absolute atomic E-state index is 12.3. The molecule has 0 saturated carbocycles. The number of anilines is 1. The summed E-state index contributed by atoms with van der Waals surface area (Å²) in [5.74, 6) is 0.909. The largest absolute Gasteiger partial charge is 0.444 e. The number of rotatable bonds is 2. The van der Waals surface area contributed by atoms with Gasteiger partial charge in [0.2, 0.25) is 0 Å². The fourth-order valence-electron chi connectivity index (χ4n) is 3.63. The van der Waals surface area contributed by atoms with E-state index in [0.29, 0.717) is 32.8 Å². The summed E-state index contributed by atoms with van der Waals surface area (Å²) in [5.41, 5.74) is 2.97. The van der Waals surface area contributed by atoms with E-state index in [0.717, 1.165) is 29.9 Å². The lowest BCUT2D eigenvalue weighted by molar-refractivity contribution is 0.0240. The lowest BCUT2D eigenvalue weighted by atomic mass is 10.0. The van der Waals surface area contributed by atoms with E-state index in [2.05, 4.69) is 27.1 Å². The van der Waals surface area contributed by atoms with Crippen LogP contribution in [0.3, 0.4) is 0 Å². The molecule has 2 aliphatic rings. The summed E-state index contributed by atoms with van der Waals surface area (Å²) in [6.07, 6.45) is 6.33. The molecule has 4 rings (SSSR count). The second kappa shape index (κ2) is 7.43. The molecule has 1 fully saturated rings. The van der Waals surface area contributed by atoms with E-state index in [-0.39, 0.29) is 6.09 Å². The third-order valence-corrected chi connectivity index (χ3v) is 4.97. The van der Waals surface area contributed by atoms with Gasteiger partial charge in [-0.1, -0.05) is 6.08 Å². The van der Waals surface area contributed by atoms with E-state index in [1.807, 2.05) is 31.5 Å². The number of carbonyl (C=O) groups excluding carboxylic acids is 1. The number of ether oxygens (including phenoxy) is 2. The van der Waals surface area contributed by atoms with E-state index in [1.165, 1.54) is 5.57 Å². The first-order chi connectivity index (χ1) is 13.4. The molecule has 0 aromatic carbocycles. The smallest absolute Gasteiger partial charge is 0.410 e. The minimum absolute atomic E-state index is 0.254. The number of carbonyl (C=O) groups is 1. The Morgan fingerprint density at radius 2 is 2.00 bits per heavy atom. The van der Waals surface area contributed by atoms with Gasteiger partial charge in [-0.25, -0.2) is 14.3 Å². The van der Waals surface area contributed by atoms with Crippen LogP contribution in [-0.2, 0) is 9.47 Å². The van der Waals surface area contributed by atoms with Gasteiger partial charge in [0, 0.05) is 37.9 Å². The summed E-state index contributed by atoms with van der Waals surface area (Å²) < 4.78 is 12.8. The fourth-order valence-corrected chi connectivity index (χ4v) is 3.63. The average molecular weight is 385 g/mol. The van der Waals surface area contributed by atoms with Crippen molar-refractivity contribution in [2.45, 2.75) is 32.8 Å². The van der Waals surface area contributed by atoms with E-state index in [1.54, 1.807) is 11.2 Å². The van der Waals surface area contributed by atoms with Crippen molar-refractivity contribution in [3.05, 3.63) is 30.2 Å². The van der Waals surface area contributed by atoms with Crippen LogP contribution in [0.4, 0.5) is 10.6 Å². The topological polar surface area (TPSA) is 72.2 Å². The number of piperazine rings is 1. The Kier molecular flexibility index (Phi) is 4.97. The molecule has 150 valence electrons. The first-order valence-corrected chi connectivity index (χ1v) is 9.75. The summed E-state index contributed by atoms with van der Waals surface area (Å²) in [4.78, 5) is 20.9. The van der Waals surface area contributed by atoms with Gasteiger partial charge in [-0.3, -0.25) is 0 Å². The van der Waals surface area contributed by atoms with Gasteiger partial charge in [-0.05, 0) is 38.8 Å². The summed E-state index contributed by atoms with van der Waals surface area (Å²) in [5, 5.41) is 4.37. The van der Waals surface area contributed by atoms with Gasteiger partial charge in [0.25, 0.3) is 0 Å². The normalized spacial score (nSPS) is 18.3. The highest BCUT2D eigenvalue weighted by molar-refractivity contribution is 5.86. The van der Waals surface area contributed by atoms with Crippen LogP contribution in [0, 0.1) is 0 Å². The zero-order chi connectivity index (χ0) is 19.7. The lowest BCUT2D eigenvalue weighted by Gasteiger charge is -2.36. The summed E-state index contributed by atoms with van der Waals surface area (Å²) in [6, 6.07) is 2.10. The maximum atomic E-state index is 12.3. The number of amides is 1. The van der Waals surface area contributed by atoms with E-state index in [9.17, 15) is 4.79 Å². The van der Waals surface area contributed by atoms with Gasteiger partial charge in [0.15, 0.2) is 5.82 Å². The molecule has 0 unspecified atom stereocenters. The monoisotopic (exact) mass is 385 g/mol. The molecular weight excluding hydrogens is 358 g/mol. The van der Waals surface area contributed by atoms with Crippen molar-refractivity contribution in [2.24, 2.45) is 0 Å². The van der Waals surface area contributed by atoms with Crippen LogP contribution in [0.15, 0.2) is 24.7 Å². The van der Waals surface area contributed by atoms with Crippen molar-refractivity contribution in [2.75, 3.05) is 44.3 Å². The van der Waals surface area contributed by atoms with Gasteiger partial charge in [0.1, 0.15) is 17.4 Å². The average Bonchev–Trinajstić information content (AvgIpc) is 3.12. The van der Waals surface area contributed by atoms with Crippen LogP contribution in [0.1, 0.15) is 32.8 Å². The minimum atomic E-state index is -0.481. The van der Waals surface area contributed by atoms with E-state index in [4.69, 9.17) is 9.47 Å². The molecule has 0 spiro atoms. The first kappa shape index (κ1) is 18.7. The van der Waals surface area contributed by atoms with E-state index >= 15 is 0 Å². The predicted octanol–water partition coefficient (Wildman–Crippen LogP) is 2.59. The van der Waals surface area contributed by atoms with Crippen molar-refractivity contribution in [3.63, 3.8) is 0 Å². The Balaban J connectivity index is 1.55. The summed E-state index contributed by atoms with van der Waals surface area (Å²) >= 11 is 0. The van der Waals surface area contributed by atoms with Gasteiger partial charge >= 0.3 is 6.09 Å². The summed E-state index contributed by atoms with van der Waals surface area (Å²) in [6.45, 7) is 9.67. The summed E-state index contributed by atoms with van der Waals surface area (Å²) in [7, 11) is 0. The van der Waals surface area contributed by atoms with Crippen LogP contribution in [-0.4, -0.2) is 70.6 Å². The quantitative estimate of drug-likeness (QED) is 0.791. The van der Waals surface area contributed by atoms with Crippen LogP contribution < -0.4 is 4.90 Å². The Morgan fingerprint density at radius 3 is 2.68 bits per heavy atom. The van der Waals surface area contributed by atoms with Crippen LogP contribution in [0.5, 0.6) is 0 Å².